The number of halogens is 2. The Labute approximate surface area is 118 Å². The van der Waals surface area contributed by atoms with Gasteiger partial charge in [-0.15, -0.1) is 0 Å². The van der Waals surface area contributed by atoms with E-state index in [0.717, 1.165) is 0 Å². The van der Waals surface area contributed by atoms with E-state index in [1.807, 2.05) is 0 Å². The van der Waals surface area contributed by atoms with Gasteiger partial charge in [0.15, 0.2) is 5.82 Å². The predicted octanol–water partition coefficient (Wildman–Crippen LogP) is 2.80. The fourth-order valence-electron chi connectivity index (χ4n) is 1.39. The molecule has 18 heavy (non-hydrogen) atoms. The number of rotatable bonds is 3. The van der Waals surface area contributed by atoms with E-state index < -0.39 is 0 Å². The summed E-state index contributed by atoms with van der Waals surface area (Å²) in [6, 6.07) is 1.74. The molecule has 0 atom stereocenters. The van der Waals surface area contributed by atoms with Crippen LogP contribution in [-0.2, 0) is 11.3 Å². The molecule has 0 aliphatic carbocycles. The van der Waals surface area contributed by atoms with Crippen LogP contribution in [0.4, 0.5) is 0 Å². The zero-order valence-corrected chi connectivity index (χ0v) is 12.2. The molecule has 0 unspecified atom stereocenters. The molecule has 7 heteroatoms. The number of hydrogen-bond donors (Lipinski definition) is 0. The molecular weight excluding hydrogens is 320 g/mol. The van der Waals surface area contributed by atoms with E-state index in [0.29, 0.717) is 39.3 Å². The average molecular weight is 330 g/mol. The Balaban J connectivity index is 2.51. The zero-order chi connectivity index (χ0) is 13.1. The van der Waals surface area contributed by atoms with E-state index in [1.54, 1.807) is 26.3 Å². The van der Waals surface area contributed by atoms with Gasteiger partial charge in [0.05, 0.1) is 16.8 Å². The second-order valence-electron chi connectivity index (χ2n) is 3.52. The molecule has 2 rings (SSSR count). The normalized spacial score (nSPS) is 10.7. The smallest absolute Gasteiger partial charge is 0.180 e. The molecule has 94 valence electrons. The summed E-state index contributed by atoms with van der Waals surface area (Å²) < 4.78 is 5.71. The Bertz CT molecular complexity index is 579. The summed E-state index contributed by atoms with van der Waals surface area (Å²) >= 11 is 9.38. The molecule has 0 spiro atoms. The van der Waals surface area contributed by atoms with Gasteiger partial charge < -0.3 is 4.74 Å². The van der Waals surface area contributed by atoms with Crippen LogP contribution in [0.3, 0.4) is 0 Å². The lowest BCUT2D eigenvalue weighted by atomic mass is 10.3. The van der Waals surface area contributed by atoms with Crippen LogP contribution in [0, 0.1) is 6.92 Å². The summed E-state index contributed by atoms with van der Waals surface area (Å²) in [5.74, 6) is 1.11. The molecule has 0 N–H and O–H groups in total. The topological polar surface area (TPSA) is 60.8 Å². The third-order valence-corrected chi connectivity index (χ3v) is 3.50. The molecule has 5 nitrogen and oxygen atoms in total. The van der Waals surface area contributed by atoms with E-state index in [2.05, 4.69) is 35.9 Å². The highest BCUT2D eigenvalue weighted by Gasteiger charge is 2.13. The Kier molecular flexibility index (Phi) is 4.21. The highest BCUT2D eigenvalue weighted by atomic mass is 79.9. The minimum absolute atomic E-state index is 0.336. The van der Waals surface area contributed by atoms with Gasteiger partial charge in [-0.05, 0) is 28.9 Å². The van der Waals surface area contributed by atoms with E-state index >= 15 is 0 Å². The van der Waals surface area contributed by atoms with Crippen molar-refractivity contribution in [2.24, 2.45) is 0 Å². The molecule has 0 radical (unpaired) electrons. The van der Waals surface area contributed by atoms with Gasteiger partial charge in [0.1, 0.15) is 16.7 Å². The van der Waals surface area contributed by atoms with Crippen molar-refractivity contribution < 1.29 is 4.74 Å². The van der Waals surface area contributed by atoms with Gasteiger partial charge in [0.2, 0.25) is 0 Å². The van der Waals surface area contributed by atoms with Crippen LogP contribution in [0.2, 0.25) is 5.15 Å². The largest absolute Gasteiger partial charge is 0.378 e. The number of hydrogen-bond acceptors (Lipinski definition) is 5. The maximum Gasteiger partial charge on any atom is 0.180 e. The van der Waals surface area contributed by atoms with Crippen LogP contribution in [0.1, 0.15) is 11.5 Å². The number of methoxy groups -OCH3 is 1. The number of aryl methyl sites for hydroxylation is 1. The van der Waals surface area contributed by atoms with Gasteiger partial charge in [-0.3, -0.25) is 0 Å². The quantitative estimate of drug-likeness (QED) is 0.810. The molecule has 0 saturated heterocycles. The standard InChI is InChI=1S/C11H10BrClN4O/c1-6-14-4-3-7(15-6)11-16-8(5-18-2)9(12)10(13)17-11/h3-4H,5H2,1-2H3. The van der Waals surface area contributed by atoms with Gasteiger partial charge in [-0.2, -0.15) is 0 Å². The first-order valence-corrected chi connectivity index (χ1v) is 6.29. The molecular formula is C11H10BrClN4O. The second-order valence-corrected chi connectivity index (χ2v) is 4.67. The Morgan fingerprint density at radius 3 is 2.78 bits per heavy atom. The average Bonchev–Trinajstić information content (AvgIpc) is 2.35. The first-order chi connectivity index (χ1) is 8.61. The van der Waals surface area contributed by atoms with Crippen LogP contribution < -0.4 is 0 Å². The first-order valence-electron chi connectivity index (χ1n) is 5.12. The molecule has 2 aromatic rings. The van der Waals surface area contributed by atoms with Crippen molar-refractivity contribution in [1.82, 2.24) is 19.9 Å². The van der Waals surface area contributed by atoms with E-state index in [1.165, 1.54) is 0 Å². The summed E-state index contributed by atoms with van der Waals surface area (Å²) in [5.41, 5.74) is 1.32. The summed E-state index contributed by atoms with van der Waals surface area (Å²) in [5, 5.41) is 0.336. The molecule has 0 aromatic carbocycles. The minimum atomic E-state index is 0.336. The molecule has 0 fully saturated rings. The van der Waals surface area contributed by atoms with Gasteiger partial charge in [0, 0.05) is 13.3 Å². The summed E-state index contributed by atoms with van der Waals surface area (Å²) in [6.07, 6.45) is 1.66. The molecule has 0 amide bonds. The number of ether oxygens (including phenoxy) is 1. The molecule has 0 bridgehead atoms. The fraction of sp³-hybridized carbons (Fsp3) is 0.273. The lowest BCUT2D eigenvalue weighted by Gasteiger charge is -2.07. The molecule has 0 aliphatic rings. The molecule has 2 heterocycles. The third kappa shape index (κ3) is 2.82. The summed E-state index contributed by atoms with van der Waals surface area (Å²) in [7, 11) is 1.59. The minimum Gasteiger partial charge on any atom is -0.378 e. The summed E-state index contributed by atoms with van der Waals surface area (Å²) in [4.78, 5) is 16.9. The Hall–Kier alpha value is -1.11. The van der Waals surface area contributed by atoms with Crippen molar-refractivity contribution >= 4 is 27.5 Å². The van der Waals surface area contributed by atoms with Crippen molar-refractivity contribution in [2.75, 3.05) is 7.11 Å². The number of nitrogens with zero attached hydrogens (tertiary/aromatic N) is 4. The SMILES string of the molecule is COCc1nc(-c2ccnc(C)n2)nc(Cl)c1Br. The van der Waals surface area contributed by atoms with Crippen LogP contribution >= 0.6 is 27.5 Å². The zero-order valence-electron chi connectivity index (χ0n) is 9.81. The maximum absolute atomic E-state index is 6.05. The Morgan fingerprint density at radius 2 is 2.11 bits per heavy atom. The van der Waals surface area contributed by atoms with Gasteiger partial charge in [-0.25, -0.2) is 19.9 Å². The van der Waals surface area contributed by atoms with Gasteiger partial charge in [0.25, 0.3) is 0 Å². The predicted molar refractivity (Wildman–Crippen MR) is 71.2 cm³/mol. The summed E-state index contributed by atoms with van der Waals surface area (Å²) in [6.45, 7) is 2.15. The second kappa shape index (κ2) is 5.69. The van der Waals surface area contributed by atoms with Crippen molar-refractivity contribution in [3.05, 3.63) is 33.4 Å². The van der Waals surface area contributed by atoms with Crippen molar-refractivity contribution in [3.63, 3.8) is 0 Å². The Morgan fingerprint density at radius 1 is 1.33 bits per heavy atom. The first kappa shape index (κ1) is 13.3. The maximum atomic E-state index is 6.05. The molecule has 0 aliphatic heterocycles. The third-order valence-electron chi connectivity index (χ3n) is 2.17. The fourth-order valence-corrected chi connectivity index (χ4v) is 1.87. The monoisotopic (exact) mass is 328 g/mol. The van der Waals surface area contributed by atoms with Crippen molar-refractivity contribution in [1.29, 1.82) is 0 Å². The van der Waals surface area contributed by atoms with Crippen LogP contribution in [0.15, 0.2) is 16.7 Å². The lowest BCUT2D eigenvalue weighted by molar-refractivity contribution is 0.181. The highest BCUT2D eigenvalue weighted by molar-refractivity contribution is 9.10. The van der Waals surface area contributed by atoms with Gasteiger partial charge in [-0.1, -0.05) is 11.6 Å². The number of aromatic nitrogens is 4. The van der Waals surface area contributed by atoms with Crippen LogP contribution in [-0.4, -0.2) is 27.0 Å². The molecule has 2 aromatic heterocycles. The van der Waals surface area contributed by atoms with Crippen molar-refractivity contribution in [3.8, 4) is 11.5 Å². The van der Waals surface area contributed by atoms with E-state index in [4.69, 9.17) is 16.3 Å². The lowest BCUT2D eigenvalue weighted by Crippen LogP contribution is -2.01. The molecule has 0 saturated carbocycles. The van der Waals surface area contributed by atoms with Gasteiger partial charge >= 0.3 is 0 Å². The van der Waals surface area contributed by atoms with Crippen LogP contribution in [0.5, 0.6) is 0 Å². The highest BCUT2D eigenvalue weighted by Crippen LogP contribution is 2.26. The van der Waals surface area contributed by atoms with Crippen LogP contribution in [0.25, 0.3) is 11.5 Å². The van der Waals surface area contributed by atoms with E-state index in [-0.39, 0.29) is 0 Å². The van der Waals surface area contributed by atoms with E-state index in [9.17, 15) is 0 Å². The van der Waals surface area contributed by atoms with Crippen molar-refractivity contribution in [2.45, 2.75) is 13.5 Å².